The van der Waals surface area contributed by atoms with Gasteiger partial charge in [-0.2, -0.15) is 0 Å². The van der Waals surface area contributed by atoms with Crippen molar-refractivity contribution in [3.8, 4) is 0 Å². The van der Waals surface area contributed by atoms with E-state index in [2.05, 4.69) is 35.5 Å². The summed E-state index contributed by atoms with van der Waals surface area (Å²) >= 11 is 0. The Kier molecular flexibility index (Phi) is 3.97. The lowest BCUT2D eigenvalue weighted by Gasteiger charge is -2.23. The molecular formula is C15H20N8O. The van der Waals surface area contributed by atoms with Crippen molar-refractivity contribution in [1.29, 1.82) is 0 Å². The van der Waals surface area contributed by atoms with E-state index in [4.69, 9.17) is 4.63 Å². The lowest BCUT2D eigenvalue weighted by Crippen LogP contribution is -2.26. The molecule has 126 valence electrons. The average molecular weight is 328 g/mol. The fourth-order valence-corrected chi connectivity index (χ4v) is 2.98. The summed E-state index contributed by atoms with van der Waals surface area (Å²) in [6.07, 6.45) is 8.54. The molecule has 24 heavy (non-hydrogen) atoms. The highest BCUT2D eigenvalue weighted by Gasteiger charge is 2.19. The van der Waals surface area contributed by atoms with E-state index in [-0.39, 0.29) is 0 Å². The van der Waals surface area contributed by atoms with Crippen LogP contribution in [0.5, 0.6) is 0 Å². The van der Waals surface area contributed by atoms with Crippen molar-refractivity contribution >= 4 is 22.9 Å². The molecule has 9 heteroatoms. The first kappa shape index (κ1) is 14.9. The Morgan fingerprint density at radius 1 is 1.08 bits per heavy atom. The van der Waals surface area contributed by atoms with Crippen molar-refractivity contribution < 1.29 is 4.63 Å². The third-order valence-corrected chi connectivity index (χ3v) is 4.34. The van der Waals surface area contributed by atoms with Gasteiger partial charge in [-0.3, -0.25) is 0 Å². The maximum atomic E-state index is 4.77. The van der Waals surface area contributed by atoms with Crippen LogP contribution in [0.15, 0.2) is 17.0 Å². The van der Waals surface area contributed by atoms with Gasteiger partial charge in [-0.05, 0) is 23.2 Å². The number of imidazole rings is 1. The minimum absolute atomic E-state index is 0.413. The molecule has 0 aliphatic carbocycles. The quantitative estimate of drug-likeness (QED) is 0.773. The van der Waals surface area contributed by atoms with E-state index in [1.54, 1.807) is 6.20 Å². The zero-order chi connectivity index (χ0) is 16.4. The Hall–Kier alpha value is -2.71. The highest BCUT2D eigenvalue weighted by Crippen LogP contribution is 2.26. The molecule has 1 aliphatic rings. The molecule has 3 aromatic heterocycles. The van der Waals surface area contributed by atoms with Crippen LogP contribution in [0.1, 0.15) is 31.5 Å². The molecular weight excluding hydrogens is 308 g/mol. The molecule has 0 spiro atoms. The fraction of sp³-hybridized carbons (Fsp3) is 0.533. The maximum absolute atomic E-state index is 4.77. The summed E-state index contributed by atoms with van der Waals surface area (Å²) in [4.78, 5) is 15.8. The van der Waals surface area contributed by atoms with Crippen molar-refractivity contribution in [2.24, 2.45) is 7.05 Å². The third-order valence-electron chi connectivity index (χ3n) is 4.34. The molecule has 0 saturated carbocycles. The van der Waals surface area contributed by atoms with Gasteiger partial charge in [-0.15, -0.1) is 0 Å². The van der Waals surface area contributed by atoms with Gasteiger partial charge in [0.15, 0.2) is 11.6 Å². The molecule has 0 unspecified atom stereocenters. The van der Waals surface area contributed by atoms with Gasteiger partial charge in [-0.25, -0.2) is 19.6 Å². The molecule has 0 aromatic carbocycles. The Morgan fingerprint density at radius 2 is 1.83 bits per heavy atom. The normalized spacial score (nSPS) is 15.6. The largest absolute Gasteiger partial charge is 0.360 e. The molecule has 0 bridgehead atoms. The number of aryl methyl sites for hydroxylation is 1. The van der Waals surface area contributed by atoms with Crippen molar-refractivity contribution in [2.45, 2.75) is 32.2 Å². The predicted octanol–water partition coefficient (Wildman–Crippen LogP) is 1.74. The molecule has 3 aromatic rings. The van der Waals surface area contributed by atoms with Gasteiger partial charge in [0, 0.05) is 32.5 Å². The van der Waals surface area contributed by atoms with Gasteiger partial charge < -0.3 is 14.8 Å². The van der Waals surface area contributed by atoms with Crippen LogP contribution in [0.2, 0.25) is 0 Å². The monoisotopic (exact) mass is 328 g/mol. The Morgan fingerprint density at radius 3 is 2.54 bits per heavy atom. The lowest BCUT2D eigenvalue weighted by molar-refractivity contribution is 0.314. The summed E-state index contributed by atoms with van der Waals surface area (Å²) in [5.41, 5.74) is 0.854. The molecule has 0 atom stereocenters. The number of rotatable bonds is 4. The number of hydrogen-bond donors (Lipinski definition) is 1. The second kappa shape index (κ2) is 6.42. The maximum Gasteiger partial charge on any atom is 0.245 e. The van der Waals surface area contributed by atoms with Crippen LogP contribution < -0.4 is 10.2 Å². The Bertz CT molecular complexity index is 818. The van der Waals surface area contributed by atoms with Crippen molar-refractivity contribution in [3.63, 3.8) is 0 Å². The van der Waals surface area contributed by atoms with Gasteiger partial charge in [0.2, 0.25) is 11.3 Å². The minimum Gasteiger partial charge on any atom is -0.360 e. The second-order valence-electron chi connectivity index (χ2n) is 6.02. The zero-order valence-electron chi connectivity index (χ0n) is 13.6. The molecule has 4 heterocycles. The molecule has 0 amide bonds. The van der Waals surface area contributed by atoms with E-state index >= 15 is 0 Å². The first-order chi connectivity index (χ1) is 11.8. The van der Waals surface area contributed by atoms with Crippen molar-refractivity contribution in [1.82, 2.24) is 29.8 Å². The van der Waals surface area contributed by atoms with Crippen LogP contribution in [0, 0.1) is 0 Å². The molecule has 1 aliphatic heterocycles. The summed E-state index contributed by atoms with van der Waals surface area (Å²) in [6, 6.07) is 0. The van der Waals surface area contributed by atoms with E-state index < -0.39 is 0 Å². The predicted molar refractivity (Wildman–Crippen MR) is 88.6 cm³/mol. The van der Waals surface area contributed by atoms with E-state index in [9.17, 15) is 0 Å². The van der Waals surface area contributed by atoms with E-state index in [1.165, 1.54) is 12.8 Å². The molecule has 0 radical (unpaired) electrons. The topological polar surface area (TPSA) is 97.8 Å². The van der Waals surface area contributed by atoms with Crippen molar-refractivity contribution in [2.75, 3.05) is 23.3 Å². The molecule has 9 nitrogen and oxygen atoms in total. The first-order valence-corrected chi connectivity index (χ1v) is 8.26. The van der Waals surface area contributed by atoms with Gasteiger partial charge in [0.25, 0.3) is 0 Å². The summed E-state index contributed by atoms with van der Waals surface area (Å²) < 4.78 is 6.74. The van der Waals surface area contributed by atoms with Crippen LogP contribution in [0.25, 0.3) is 11.3 Å². The van der Waals surface area contributed by atoms with Crippen LogP contribution >= 0.6 is 0 Å². The third kappa shape index (κ3) is 2.89. The van der Waals surface area contributed by atoms with E-state index in [0.29, 0.717) is 23.7 Å². The summed E-state index contributed by atoms with van der Waals surface area (Å²) in [7, 11) is 1.97. The zero-order valence-corrected chi connectivity index (χ0v) is 13.6. The van der Waals surface area contributed by atoms with Crippen LogP contribution in [0.4, 0.5) is 11.6 Å². The number of aromatic nitrogens is 6. The number of nitrogens with zero attached hydrogens (tertiary/aromatic N) is 7. The van der Waals surface area contributed by atoms with Crippen LogP contribution in [-0.4, -0.2) is 42.9 Å². The fourth-order valence-electron chi connectivity index (χ4n) is 2.98. The minimum atomic E-state index is 0.413. The number of nitrogens with one attached hydrogen (secondary N) is 1. The SMILES string of the molecule is Cn1ccnc1CNc1nc2nonc2nc1N1CCCCCC1. The molecule has 4 rings (SSSR count). The second-order valence-corrected chi connectivity index (χ2v) is 6.02. The van der Waals surface area contributed by atoms with Crippen LogP contribution in [0.3, 0.4) is 0 Å². The smallest absolute Gasteiger partial charge is 0.245 e. The summed E-state index contributed by atoms with van der Waals surface area (Å²) in [6.45, 7) is 2.51. The van der Waals surface area contributed by atoms with Gasteiger partial charge in [0.1, 0.15) is 5.82 Å². The van der Waals surface area contributed by atoms with Crippen molar-refractivity contribution in [3.05, 3.63) is 18.2 Å². The Labute approximate surface area is 139 Å². The summed E-state index contributed by atoms with van der Waals surface area (Å²) in [5.74, 6) is 2.44. The van der Waals surface area contributed by atoms with Gasteiger partial charge in [-0.1, -0.05) is 12.8 Å². The first-order valence-electron chi connectivity index (χ1n) is 8.26. The standard InChI is InChI=1S/C15H20N8O/c1-22-9-6-16-11(22)10-17-14-15(23-7-4-2-3-5-8-23)19-13-12(18-14)20-24-21-13/h6,9H,2-5,7-8,10H2,1H3,(H,17,18,20). The number of hydrogen-bond acceptors (Lipinski definition) is 8. The van der Waals surface area contributed by atoms with Gasteiger partial charge >= 0.3 is 0 Å². The lowest BCUT2D eigenvalue weighted by atomic mass is 10.2. The molecule has 1 fully saturated rings. The van der Waals surface area contributed by atoms with Crippen LogP contribution in [-0.2, 0) is 13.6 Å². The number of fused-ring (bicyclic) bond motifs is 1. The molecule has 1 N–H and O–H groups in total. The van der Waals surface area contributed by atoms with E-state index in [1.807, 2.05) is 17.8 Å². The summed E-state index contributed by atoms with van der Waals surface area (Å²) in [5, 5.41) is 11.0. The molecule has 1 saturated heterocycles. The van der Waals surface area contributed by atoms with E-state index in [0.717, 1.165) is 37.6 Å². The highest BCUT2D eigenvalue weighted by molar-refractivity contribution is 5.74. The highest BCUT2D eigenvalue weighted by atomic mass is 16.6. The van der Waals surface area contributed by atoms with Gasteiger partial charge in [0.05, 0.1) is 6.54 Å². The Balaban J connectivity index is 1.66. The number of anilines is 2. The average Bonchev–Trinajstić information content (AvgIpc) is 3.12.